The average molecular weight is 392 g/mol. The molecule has 0 spiro atoms. The summed E-state index contributed by atoms with van der Waals surface area (Å²) >= 11 is 0. The van der Waals surface area contributed by atoms with Crippen LogP contribution in [0.3, 0.4) is 0 Å². The number of carbonyl (C=O) groups is 3. The number of hydrogen-bond acceptors (Lipinski definition) is 3. The highest BCUT2D eigenvalue weighted by atomic mass is 19.4. The molecule has 3 amide bonds. The third-order valence-corrected chi connectivity index (χ3v) is 5.95. The van der Waals surface area contributed by atoms with Gasteiger partial charge in [-0.25, -0.2) is 0 Å². The van der Waals surface area contributed by atoms with Gasteiger partial charge in [-0.3, -0.25) is 19.3 Å². The van der Waals surface area contributed by atoms with Crippen molar-refractivity contribution in [2.24, 2.45) is 23.7 Å². The number of halogens is 3. The number of hydrogen-bond donors (Lipinski definition) is 1. The fourth-order valence-corrected chi connectivity index (χ4v) is 4.62. The summed E-state index contributed by atoms with van der Waals surface area (Å²) in [5.74, 6) is -1.87. The third kappa shape index (κ3) is 3.00. The number of benzene rings is 1. The van der Waals surface area contributed by atoms with Gasteiger partial charge in [0, 0.05) is 0 Å². The van der Waals surface area contributed by atoms with Crippen molar-refractivity contribution >= 4 is 17.7 Å². The Morgan fingerprint density at radius 1 is 1.18 bits per heavy atom. The van der Waals surface area contributed by atoms with Gasteiger partial charge in [-0.2, -0.15) is 13.2 Å². The predicted molar refractivity (Wildman–Crippen MR) is 92.4 cm³/mol. The summed E-state index contributed by atoms with van der Waals surface area (Å²) < 4.78 is 38.6. The van der Waals surface area contributed by atoms with Gasteiger partial charge in [0.25, 0.3) is 0 Å². The summed E-state index contributed by atoms with van der Waals surface area (Å²) in [6, 6.07) is 4.00. The second-order valence-corrected chi connectivity index (χ2v) is 7.67. The van der Waals surface area contributed by atoms with Gasteiger partial charge in [-0.15, -0.1) is 0 Å². The second-order valence-electron chi connectivity index (χ2n) is 7.67. The number of allylic oxidation sites excluding steroid dienone is 2. The summed E-state index contributed by atoms with van der Waals surface area (Å²) in [6.07, 6.45) is 0.269. The van der Waals surface area contributed by atoms with Crippen LogP contribution < -0.4 is 5.32 Å². The molecule has 1 heterocycles. The quantitative estimate of drug-likeness (QED) is 0.633. The van der Waals surface area contributed by atoms with Gasteiger partial charge in [0.05, 0.1) is 23.4 Å². The molecule has 148 valence electrons. The molecular weight excluding hydrogens is 373 g/mol. The van der Waals surface area contributed by atoms with Crippen molar-refractivity contribution in [2.45, 2.75) is 25.6 Å². The Labute approximate surface area is 159 Å². The van der Waals surface area contributed by atoms with Crippen LogP contribution >= 0.6 is 0 Å². The van der Waals surface area contributed by atoms with Crippen LogP contribution in [-0.4, -0.2) is 29.2 Å². The lowest BCUT2D eigenvalue weighted by Crippen LogP contribution is -2.42. The molecule has 2 bridgehead atoms. The average Bonchev–Trinajstić information content (AvgIpc) is 3.31. The highest BCUT2D eigenvalue weighted by Gasteiger charge is 2.59. The minimum Gasteiger partial charge on any atom is -0.348 e. The summed E-state index contributed by atoms with van der Waals surface area (Å²) in [5, 5.41) is 2.58. The fourth-order valence-electron chi connectivity index (χ4n) is 4.62. The van der Waals surface area contributed by atoms with E-state index in [4.69, 9.17) is 0 Å². The number of rotatable bonds is 4. The Balaban J connectivity index is 1.41. The molecule has 0 radical (unpaired) electrons. The zero-order chi connectivity index (χ0) is 20.2. The molecule has 1 saturated heterocycles. The number of nitrogens with zero attached hydrogens (tertiary/aromatic N) is 1. The maximum absolute atomic E-state index is 12.9. The molecule has 1 aromatic rings. The lowest BCUT2D eigenvalue weighted by Gasteiger charge is -2.20. The normalized spacial score (nSPS) is 29.4. The van der Waals surface area contributed by atoms with Gasteiger partial charge in [0.2, 0.25) is 17.7 Å². The zero-order valence-corrected chi connectivity index (χ0v) is 15.1. The predicted octanol–water partition coefficient (Wildman–Crippen LogP) is 2.69. The summed E-state index contributed by atoms with van der Waals surface area (Å²) in [7, 11) is 0. The Morgan fingerprint density at radius 3 is 2.36 bits per heavy atom. The number of fused-ring (bicyclic) bond motifs is 5. The van der Waals surface area contributed by atoms with Gasteiger partial charge in [-0.1, -0.05) is 24.3 Å². The van der Waals surface area contributed by atoms with Crippen LogP contribution in [-0.2, 0) is 20.6 Å². The minimum atomic E-state index is -4.47. The summed E-state index contributed by atoms with van der Waals surface area (Å²) in [6.45, 7) is 1.15. The van der Waals surface area contributed by atoms with Crippen LogP contribution in [0.15, 0.2) is 36.4 Å². The van der Waals surface area contributed by atoms with E-state index in [1.54, 1.807) is 6.92 Å². The molecule has 1 N–H and O–H groups in total. The van der Waals surface area contributed by atoms with Gasteiger partial charge in [0.15, 0.2) is 0 Å². The van der Waals surface area contributed by atoms with Crippen molar-refractivity contribution in [1.29, 1.82) is 0 Å². The smallest absolute Gasteiger partial charge is 0.348 e. The number of alkyl halides is 3. The highest BCUT2D eigenvalue weighted by molar-refractivity contribution is 6.08. The summed E-state index contributed by atoms with van der Waals surface area (Å²) in [4.78, 5) is 38.6. The van der Waals surface area contributed by atoms with E-state index in [1.165, 1.54) is 12.1 Å². The van der Waals surface area contributed by atoms with E-state index in [0.717, 1.165) is 23.5 Å². The largest absolute Gasteiger partial charge is 0.416 e. The number of nitrogens with one attached hydrogen (secondary N) is 1. The maximum Gasteiger partial charge on any atom is 0.416 e. The molecule has 3 aliphatic rings. The molecule has 0 aromatic heterocycles. The molecule has 28 heavy (non-hydrogen) atoms. The van der Waals surface area contributed by atoms with Crippen LogP contribution in [0.2, 0.25) is 0 Å². The van der Waals surface area contributed by atoms with E-state index in [9.17, 15) is 27.6 Å². The number of likely N-dealkylation sites (tertiary alicyclic amines) is 1. The minimum absolute atomic E-state index is 0.0588. The van der Waals surface area contributed by atoms with E-state index < -0.39 is 30.2 Å². The Hall–Kier alpha value is -2.64. The van der Waals surface area contributed by atoms with Crippen molar-refractivity contribution in [3.05, 3.63) is 47.5 Å². The van der Waals surface area contributed by atoms with E-state index in [2.05, 4.69) is 5.32 Å². The van der Waals surface area contributed by atoms with E-state index in [-0.39, 0.29) is 35.5 Å². The lowest BCUT2D eigenvalue weighted by molar-refractivity contribution is -0.144. The van der Waals surface area contributed by atoms with Crippen molar-refractivity contribution in [3.8, 4) is 0 Å². The van der Waals surface area contributed by atoms with E-state index >= 15 is 0 Å². The first-order chi connectivity index (χ1) is 13.2. The second kappa shape index (κ2) is 6.46. The number of imide groups is 1. The number of amides is 3. The first kappa shape index (κ1) is 18.7. The van der Waals surface area contributed by atoms with Crippen LogP contribution in [0.4, 0.5) is 13.2 Å². The molecule has 0 unspecified atom stereocenters. The molecule has 2 aliphatic carbocycles. The first-order valence-electron chi connectivity index (χ1n) is 9.17. The molecule has 4 rings (SSSR count). The van der Waals surface area contributed by atoms with Crippen LogP contribution in [0, 0.1) is 23.7 Å². The Bertz CT molecular complexity index is 850. The first-order valence-corrected chi connectivity index (χ1v) is 9.17. The lowest BCUT2D eigenvalue weighted by atomic mass is 9.85. The van der Waals surface area contributed by atoms with Crippen molar-refractivity contribution in [1.82, 2.24) is 10.2 Å². The van der Waals surface area contributed by atoms with E-state index in [1.807, 2.05) is 12.2 Å². The molecule has 5 nitrogen and oxygen atoms in total. The molecule has 1 saturated carbocycles. The molecule has 2 fully saturated rings. The van der Waals surface area contributed by atoms with Crippen LogP contribution in [0.25, 0.3) is 0 Å². The monoisotopic (exact) mass is 392 g/mol. The van der Waals surface area contributed by atoms with Crippen LogP contribution in [0.5, 0.6) is 0 Å². The van der Waals surface area contributed by atoms with Crippen LogP contribution in [0.1, 0.15) is 30.5 Å². The Morgan fingerprint density at radius 2 is 1.79 bits per heavy atom. The molecular formula is C20H19F3N2O3. The fraction of sp³-hybridized carbons (Fsp3) is 0.450. The molecule has 8 heteroatoms. The maximum atomic E-state index is 12.9. The van der Waals surface area contributed by atoms with Crippen molar-refractivity contribution in [3.63, 3.8) is 0 Å². The molecule has 1 aromatic carbocycles. The van der Waals surface area contributed by atoms with Crippen molar-refractivity contribution < 1.29 is 27.6 Å². The molecule has 1 aliphatic heterocycles. The van der Waals surface area contributed by atoms with Crippen molar-refractivity contribution in [2.75, 3.05) is 6.54 Å². The molecule has 5 atom stereocenters. The van der Waals surface area contributed by atoms with Gasteiger partial charge in [0.1, 0.15) is 6.54 Å². The SMILES string of the molecule is C[C@H](NC(=O)CN1C(=O)[C@H]2[C@H](C1=O)[C@H]1C=C[C@H]2C1)c1cccc(C(F)(F)F)c1. The topological polar surface area (TPSA) is 66.5 Å². The Kier molecular flexibility index (Phi) is 4.32. The van der Waals surface area contributed by atoms with Gasteiger partial charge in [-0.05, 0) is 42.9 Å². The van der Waals surface area contributed by atoms with Gasteiger partial charge < -0.3 is 5.32 Å². The summed E-state index contributed by atoms with van der Waals surface area (Å²) in [5.41, 5.74) is -0.506. The third-order valence-electron chi connectivity index (χ3n) is 5.95. The van der Waals surface area contributed by atoms with E-state index in [0.29, 0.717) is 5.56 Å². The number of carbonyl (C=O) groups excluding carboxylic acids is 3. The standard InChI is InChI=1S/C20H19F3N2O3/c1-10(11-3-2-4-14(8-11)20(21,22)23)24-15(26)9-25-18(27)16-12-5-6-13(7-12)17(16)19(25)28/h2-6,8,10,12-13,16-17H,7,9H2,1H3,(H,24,26)/t10-,12-,13-,16+,17+/m0/s1. The zero-order valence-electron chi connectivity index (χ0n) is 15.1. The van der Waals surface area contributed by atoms with Gasteiger partial charge >= 0.3 is 6.18 Å². The highest BCUT2D eigenvalue weighted by Crippen LogP contribution is 2.52.